The first-order valence-corrected chi connectivity index (χ1v) is 7.99. The summed E-state index contributed by atoms with van der Waals surface area (Å²) in [5.41, 5.74) is 0.648. The highest BCUT2D eigenvalue weighted by Gasteiger charge is 2.20. The van der Waals surface area contributed by atoms with Crippen molar-refractivity contribution in [1.29, 1.82) is 0 Å². The molecule has 0 bridgehead atoms. The van der Waals surface area contributed by atoms with E-state index in [-0.39, 0.29) is 24.7 Å². The van der Waals surface area contributed by atoms with E-state index in [2.05, 4.69) is 5.32 Å². The fourth-order valence-corrected chi connectivity index (χ4v) is 2.29. The monoisotopic (exact) mass is 345 g/mol. The minimum atomic E-state index is -0.980. The van der Waals surface area contributed by atoms with Crippen LogP contribution in [0, 0.1) is 5.82 Å². The van der Waals surface area contributed by atoms with Gasteiger partial charge in [-0.3, -0.25) is 9.59 Å². The molecule has 2 aromatic rings. The Balaban J connectivity index is 1.70. The number of rotatable bonds is 9. The van der Waals surface area contributed by atoms with Gasteiger partial charge in [-0.1, -0.05) is 30.3 Å². The van der Waals surface area contributed by atoms with Crippen LogP contribution in [-0.4, -0.2) is 30.1 Å². The van der Waals surface area contributed by atoms with Gasteiger partial charge < -0.3 is 15.2 Å². The lowest BCUT2D eigenvalue weighted by molar-refractivity contribution is -0.138. The highest BCUT2D eigenvalue weighted by atomic mass is 19.1. The number of aliphatic carboxylic acids is 1. The van der Waals surface area contributed by atoms with E-state index in [0.717, 1.165) is 0 Å². The molecule has 1 atom stereocenters. The van der Waals surface area contributed by atoms with Gasteiger partial charge in [0.15, 0.2) is 0 Å². The standard InChI is InChI=1S/C19H20FNO4/c20-15-8-10-16(11-9-15)25-12-4-7-18(22)21-13-17(19(23)24)14-5-2-1-3-6-14/h1-3,5-6,8-11,17H,4,7,12-13H2,(H,21,22)(H,23,24). The van der Waals surface area contributed by atoms with E-state index in [9.17, 15) is 19.1 Å². The molecule has 2 N–H and O–H groups in total. The van der Waals surface area contributed by atoms with Gasteiger partial charge in [0.2, 0.25) is 5.91 Å². The van der Waals surface area contributed by atoms with Crippen LogP contribution in [-0.2, 0) is 9.59 Å². The third-order valence-electron chi connectivity index (χ3n) is 3.63. The lowest BCUT2D eigenvalue weighted by Crippen LogP contribution is -2.31. The first-order chi connectivity index (χ1) is 12.1. The van der Waals surface area contributed by atoms with Crippen LogP contribution in [0.3, 0.4) is 0 Å². The third kappa shape index (κ3) is 6.25. The highest BCUT2D eigenvalue weighted by Crippen LogP contribution is 2.15. The topological polar surface area (TPSA) is 75.6 Å². The van der Waals surface area contributed by atoms with Crippen molar-refractivity contribution in [1.82, 2.24) is 5.32 Å². The van der Waals surface area contributed by atoms with Gasteiger partial charge in [0, 0.05) is 13.0 Å². The van der Waals surface area contributed by atoms with E-state index in [1.165, 1.54) is 24.3 Å². The van der Waals surface area contributed by atoms with Gasteiger partial charge in [0.25, 0.3) is 0 Å². The summed E-state index contributed by atoms with van der Waals surface area (Å²) in [5.74, 6) is -1.79. The van der Waals surface area contributed by atoms with Crippen molar-refractivity contribution >= 4 is 11.9 Å². The molecule has 0 aliphatic heterocycles. The Bertz CT molecular complexity index is 688. The summed E-state index contributed by atoms with van der Waals surface area (Å²) in [6.07, 6.45) is 0.703. The van der Waals surface area contributed by atoms with Crippen LogP contribution >= 0.6 is 0 Å². The number of hydrogen-bond donors (Lipinski definition) is 2. The average Bonchev–Trinajstić information content (AvgIpc) is 2.61. The number of ether oxygens (including phenoxy) is 1. The van der Waals surface area contributed by atoms with Gasteiger partial charge in [-0.05, 0) is 36.2 Å². The number of nitrogens with one attached hydrogen (secondary N) is 1. The van der Waals surface area contributed by atoms with Crippen molar-refractivity contribution in [3.63, 3.8) is 0 Å². The molecule has 6 heteroatoms. The number of carboxylic acids is 1. The number of carbonyl (C=O) groups is 2. The van der Waals surface area contributed by atoms with Gasteiger partial charge in [0.1, 0.15) is 11.6 Å². The summed E-state index contributed by atoms with van der Waals surface area (Å²) in [6.45, 7) is 0.358. The smallest absolute Gasteiger partial charge is 0.312 e. The van der Waals surface area contributed by atoms with Crippen LogP contribution in [0.1, 0.15) is 24.3 Å². The van der Waals surface area contributed by atoms with Gasteiger partial charge in [0.05, 0.1) is 12.5 Å². The van der Waals surface area contributed by atoms with Crippen molar-refractivity contribution in [3.05, 3.63) is 66.0 Å². The Morgan fingerprint density at radius 3 is 2.40 bits per heavy atom. The van der Waals surface area contributed by atoms with E-state index < -0.39 is 11.9 Å². The maximum Gasteiger partial charge on any atom is 0.312 e. The lowest BCUT2D eigenvalue weighted by Gasteiger charge is -2.14. The molecule has 0 spiro atoms. The van der Waals surface area contributed by atoms with Gasteiger partial charge in [-0.15, -0.1) is 0 Å². The van der Waals surface area contributed by atoms with E-state index in [4.69, 9.17) is 4.74 Å². The lowest BCUT2D eigenvalue weighted by atomic mass is 9.99. The molecule has 0 aromatic heterocycles. The number of amides is 1. The van der Waals surface area contributed by atoms with Crippen LogP contribution in [0.25, 0.3) is 0 Å². The average molecular weight is 345 g/mol. The molecular weight excluding hydrogens is 325 g/mol. The Morgan fingerprint density at radius 2 is 1.76 bits per heavy atom. The zero-order chi connectivity index (χ0) is 18.1. The maximum atomic E-state index is 12.8. The van der Waals surface area contributed by atoms with Crippen molar-refractivity contribution in [2.75, 3.05) is 13.2 Å². The maximum absolute atomic E-state index is 12.8. The summed E-state index contributed by atoms with van der Waals surface area (Å²) < 4.78 is 18.2. The second-order valence-electron chi connectivity index (χ2n) is 5.51. The van der Waals surface area contributed by atoms with Crippen LogP contribution in [0.4, 0.5) is 4.39 Å². The normalized spacial score (nSPS) is 11.6. The SMILES string of the molecule is O=C(CCCOc1ccc(F)cc1)NCC(C(=O)O)c1ccccc1. The van der Waals surface area contributed by atoms with E-state index >= 15 is 0 Å². The third-order valence-corrected chi connectivity index (χ3v) is 3.63. The molecule has 2 rings (SSSR count). The van der Waals surface area contributed by atoms with Gasteiger partial charge in [-0.25, -0.2) is 4.39 Å². The van der Waals surface area contributed by atoms with Crippen LogP contribution in [0.15, 0.2) is 54.6 Å². The molecule has 0 heterocycles. The molecular formula is C19H20FNO4. The molecule has 0 aliphatic rings. The van der Waals surface area contributed by atoms with E-state index in [1.54, 1.807) is 24.3 Å². The predicted octanol–water partition coefficient (Wildman–Crippen LogP) is 2.97. The zero-order valence-electron chi connectivity index (χ0n) is 13.7. The van der Waals surface area contributed by atoms with Crippen molar-refractivity contribution in [3.8, 4) is 5.75 Å². The molecule has 1 unspecified atom stereocenters. The second kappa shape index (κ2) is 9.42. The minimum Gasteiger partial charge on any atom is -0.494 e. The van der Waals surface area contributed by atoms with Crippen molar-refractivity contribution < 1.29 is 23.8 Å². The quantitative estimate of drug-likeness (QED) is 0.685. The van der Waals surface area contributed by atoms with Crippen LogP contribution in [0.2, 0.25) is 0 Å². The molecule has 0 radical (unpaired) electrons. The van der Waals surface area contributed by atoms with Gasteiger partial charge >= 0.3 is 5.97 Å². The fourth-order valence-electron chi connectivity index (χ4n) is 2.29. The fraction of sp³-hybridized carbons (Fsp3) is 0.263. The molecule has 25 heavy (non-hydrogen) atoms. The van der Waals surface area contributed by atoms with Crippen molar-refractivity contribution in [2.45, 2.75) is 18.8 Å². The largest absolute Gasteiger partial charge is 0.494 e. The Labute approximate surface area is 145 Å². The molecule has 5 nitrogen and oxygen atoms in total. The van der Waals surface area contributed by atoms with E-state index in [0.29, 0.717) is 24.3 Å². The number of carboxylic acid groups (broad SMARTS) is 1. The molecule has 1 amide bonds. The zero-order valence-corrected chi connectivity index (χ0v) is 13.7. The Morgan fingerprint density at radius 1 is 1.08 bits per heavy atom. The van der Waals surface area contributed by atoms with E-state index in [1.807, 2.05) is 6.07 Å². The molecule has 2 aromatic carbocycles. The molecule has 0 saturated carbocycles. The summed E-state index contributed by atoms with van der Waals surface area (Å²) in [4.78, 5) is 23.2. The number of hydrogen-bond acceptors (Lipinski definition) is 3. The molecule has 0 aliphatic carbocycles. The van der Waals surface area contributed by atoms with Gasteiger partial charge in [-0.2, -0.15) is 0 Å². The summed E-state index contributed by atoms with van der Waals surface area (Å²) in [5, 5.41) is 11.9. The Hall–Kier alpha value is -2.89. The summed E-state index contributed by atoms with van der Waals surface area (Å²) in [6, 6.07) is 14.4. The Kier molecular flexibility index (Phi) is 6.95. The van der Waals surface area contributed by atoms with Crippen LogP contribution < -0.4 is 10.1 Å². The first kappa shape index (κ1) is 18.4. The molecule has 132 valence electrons. The number of halogens is 1. The minimum absolute atomic E-state index is 0.0387. The summed E-state index contributed by atoms with van der Waals surface area (Å²) in [7, 11) is 0. The number of carbonyl (C=O) groups excluding carboxylic acids is 1. The van der Waals surface area contributed by atoms with Crippen LogP contribution in [0.5, 0.6) is 5.75 Å². The first-order valence-electron chi connectivity index (χ1n) is 7.99. The highest BCUT2D eigenvalue weighted by molar-refractivity contribution is 5.79. The summed E-state index contributed by atoms with van der Waals surface area (Å²) >= 11 is 0. The molecule has 0 fully saturated rings. The molecule has 0 saturated heterocycles. The van der Waals surface area contributed by atoms with Crippen molar-refractivity contribution in [2.24, 2.45) is 0 Å². The second-order valence-corrected chi connectivity index (χ2v) is 5.51. The predicted molar refractivity (Wildman–Crippen MR) is 91.0 cm³/mol. The number of benzene rings is 2.